The van der Waals surface area contributed by atoms with E-state index in [0.29, 0.717) is 16.1 Å². The van der Waals surface area contributed by atoms with E-state index in [0.717, 1.165) is 10.3 Å². The number of aryl methyl sites for hydroxylation is 1. The molecule has 0 fully saturated rings. The van der Waals surface area contributed by atoms with E-state index in [2.05, 4.69) is 9.97 Å². The van der Waals surface area contributed by atoms with Gasteiger partial charge in [0.15, 0.2) is 0 Å². The Bertz CT molecular complexity index is 1380. The van der Waals surface area contributed by atoms with E-state index in [-0.39, 0.29) is 27.6 Å². The van der Waals surface area contributed by atoms with Crippen LogP contribution in [0.3, 0.4) is 0 Å². The lowest BCUT2D eigenvalue weighted by Gasteiger charge is -2.14. The Hall–Kier alpha value is -3.30. The number of carbonyl (C=O) groups excluding carboxylic acids is 1. The van der Waals surface area contributed by atoms with Crippen molar-refractivity contribution in [1.29, 1.82) is 0 Å². The number of anilines is 1. The molecule has 2 aromatic heterocycles. The maximum absolute atomic E-state index is 13.4. The highest BCUT2D eigenvalue weighted by Gasteiger charge is 2.27. The monoisotopic (exact) mass is 438 g/mol. The minimum absolute atomic E-state index is 0.0359. The van der Waals surface area contributed by atoms with E-state index in [9.17, 15) is 13.2 Å². The number of nitrogen functional groups attached to an aromatic ring is 1. The van der Waals surface area contributed by atoms with Gasteiger partial charge in [0.2, 0.25) is 15.7 Å². The Morgan fingerprint density at radius 3 is 2.53 bits per heavy atom. The van der Waals surface area contributed by atoms with Crippen molar-refractivity contribution in [3.05, 3.63) is 65.3 Å². The molecule has 1 amide bonds. The van der Waals surface area contributed by atoms with E-state index in [1.54, 1.807) is 24.3 Å². The second-order valence-corrected chi connectivity index (χ2v) is 9.73. The van der Waals surface area contributed by atoms with Gasteiger partial charge in [-0.05, 0) is 36.8 Å². The lowest BCUT2D eigenvalue weighted by molar-refractivity contribution is -0.117. The van der Waals surface area contributed by atoms with Gasteiger partial charge >= 0.3 is 0 Å². The number of sulfone groups is 1. The Balaban J connectivity index is 1.94. The van der Waals surface area contributed by atoms with Gasteiger partial charge < -0.3 is 11.5 Å². The standard InChI is InChI=1S/C21H18N4O3S2/c1-12-14(7-8-16-19(12)25-18(29-16)11-17(23)26)20-21(15(22)9-10-24-20)30(27,28)13-5-3-2-4-6-13/h2-10H,11H2,1H3,(H2,22,24)(H2,23,26). The number of benzene rings is 2. The van der Waals surface area contributed by atoms with Crippen molar-refractivity contribution in [1.82, 2.24) is 9.97 Å². The Morgan fingerprint density at radius 1 is 1.10 bits per heavy atom. The minimum Gasteiger partial charge on any atom is -0.398 e. The molecule has 0 spiro atoms. The fourth-order valence-corrected chi connectivity index (χ4v) is 5.89. The predicted octanol–water partition coefficient (Wildman–Crippen LogP) is 3.11. The molecule has 30 heavy (non-hydrogen) atoms. The zero-order valence-corrected chi connectivity index (χ0v) is 17.6. The Kier molecular flexibility index (Phi) is 5.00. The van der Waals surface area contributed by atoms with Crippen molar-refractivity contribution >= 4 is 43.0 Å². The first-order valence-corrected chi connectivity index (χ1v) is 11.3. The van der Waals surface area contributed by atoms with Gasteiger partial charge in [0.1, 0.15) is 9.90 Å². The summed E-state index contributed by atoms with van der Waals surface area (Å²) in [6.07, 6.45) is 1.54. The van der Waals surface area contributed by atoms with E-state index < -0.39 is 15.7 Å². The summed E-state index contributed by atoms with van der Waals surface area (Å²) in [6, 6.07) is 13.2. The molecule has 0 bridgehead atoms. The van der Waals surface area contributed by atoms with Crippen LogP contribution in [-0.4, -0.2) is 24.3 Å². The summed E-state index contributed by atoms with van der Waals surface area (Å²) in [4.78, 5) is 20.2. The highest BCUT2D eigenvalue weighted by atomic mass is 32.2. The molecule has 0 saturated heterocycles. The zero-order valence-electron chi connectivity index (χ0n) is 16.0. The normalized spacial score (nSPS) is 11.6. The number of aromatic nitrogens is 2. The van der Waals surface area contributed by atoms with Crippen LogP contribution in [0.2, 0.25) is 0 Å². The number of fused-ring (bicyclic) bond motifs is 1. The van der Waals surface area contributed by atoms with Crippen molar-refractivity contribution in [2.45, 2.75) is 23.1 Å². The number of nitrogens with two attached hydrogens (primary N) is 2. The summed E-state index contributed by atoms with van der Waals surface area (Å²) >= 11 is 1.38. The van der Waals surface area contributed by atoms with E-state index >= 15 is 0 Å². The average molecular weight is 439 g/mol. The van der Waals surface area contributed by atoms with Crippen molar-refractivity contribution in [2.24, 2.45) is 5.73 Å². The van der Waals surface area contributed by atoms with Gasteiger partial charge in [0.25, 0.3) is 0 Å². The van der Waals surface area contributed by atoms with Crippen LogP contribution < -0.4 is 11.5 Å². The van der Waals surface area contributed by atoms with Crippen molar-refractivity contribution in [3.63, 3.8) is 0 Å². The molecule has 0 aliphatic carbocycles. The number of amides is 1. The van der Waals surface area contributed by atoms with Gasteiger partial charge in [0.05, 0.1) is 32.9 Å². The molecule has 4 N–H and O–H groups in total. The number of primary amides is 1. The summed E-state index contributed by atoms with van der Waals surface area (Å²) < 4.78 is 27.6. The largest absolute Gasteiger partial charge is 0.398 e. The van der Waals surface area contributed by atoms with Crippen LogP contribution >= 0.6 is 11.3 Å². The number of carbonyl (C=O) groups is 1. The molecule has 4 rings (SSSR count). The molecule has 4 aromatic rings. The van der Waals surface area contributed by atoms with Gasteiger partial charge in [-0.3, -0.25) is 9.78 Å². The average Bonchev–Trinajstić information content (AvgIpc) is 3.11. The highest BCUT2D eigenvalue weighted by molar-refractivity contribution is 7.91. The smallest absolute Gasteiger partial charge is 0.224 e. The van der Waals surface area contributed by atoms with Crippen LogP contribution in [0, 0.1) is 6.92 Å². The maximum atomic E-state index is 13.4. The maximum Gasteiger partial charge on any atom is 0.224 e. The fraction of sp³-hybridized carbons (Fsp3) is 0.0952. The molecule has 0 aliphatic rings. The summed E-state index contributed by atoms with van der Waals surface area (Å²) in [7, 11) is -3.90. The molecular weight excluding hydrogens is 420 g/mol. The van der Waals surface area contributed by atoms with E-state index in [4.69, 9.17) is 11.5 Å². The first-order chi connectivity index (χ1) is 14.3. The number of rotatable bonds is 5. The molecule has 0 atom stereocenters. The van der Waals surface area contributed by atoms with Gasteiger partial charge in [-0.15, -0.1) is 11.3 Å². The number of nitrogens with zero attached hydrogens (tertiary/aromatic N) is 2. The molecule has 0 radical (unpaired) electrons. The Labute approximate surface area is 177 Å². The first-order valence-electron chi connectivity index (χ1n) is 9.01. The lowest BCUT2D eigenvalue weighted by Crippen LogP contribution is -2.13. The third kappa shape index (κ3) is 3.42. The Morgan fingerprint density at radius 2 is 1.83 bits per heavy atom. The van der Waals surface area contributed by atoms with Crippen molar-refractivity contribution in [2.75, 3.05) is 5.73 Å². The van der Waals surface area contributed by atoms with Crippen molar-refractivity contribution < 1.29 is 13.2 Å². The molecule has 0 saturated carbocycles. The molecule has 2 aromatic carbocycles. The summed E-state index contributed by atoms with van der Waals surface area (Å²) in [6.45, 7) is 1.84. The molecule has 2 heterocycles. The fourth-order valence-electron chi connectivity index (χ4n) is 3.31. The SMILES string of the molecule is Cc1c(-c2nccc(N)c2S(=O)(=O)c2ccccc2)ccc2sc(CC(N)=O)nc12. The van der Waals surface area contributed by atoms with Gasteiger partial charge in [0, 0.05) is 11.8 Å². The summed E-state index contributed by atoms with van der Waals surface area (Å²) in [5.41, 5.74) is 13.8. The lowest BCUT2D eigenvalue weighted by atomic mass is 10.0. The second kappa shape index (κ2) is 7.51. The topological polar surface area (TPSA) is 129 Å². The molecular formula is C21H18N4O3S2. The predicted molar refractivity (Wildman–Crippen MR) is 117 cm³/mol. The highest BCUT2D eigenvalue weighted by Crippen LogP contribution is 2.38. The third-order valence-corrected chi connectivity index (χ3v) is 7.58. The number of hydrogen-bond donors (Lipinski definition) is 2. The van der Waals surface area contributed by atoms with Crippen LogP contribution in [0.1, 0.15) is 10.6 Å². The number of thiazole rings is 1. The molecule has 0 unspecified atom stereocenters. The van der Waals surface area contributed by atoms with Crippen LogP contribution in [-0.2, 0) is 21.1 Å². The van der Waals surface area contributed by atoms with Crippen molar-refractivity contribution in [3.8, 4) is 11.3 Å². The molecule has 7 nitrogen and oxygen atoms in total. The minimum atomic E-state index is -3.90. The van der Waals surface area contributed by atoms with Gasteiger partial charge in [-0.1, -0.05) is 24.3 Å². The van der Waals surface area contributed by atoms with Gasteiger partial charge in [-0.2, -0.15) is 0 Å². The van der Waals surface area contributed by atoms with E-state index in [1.807, 2.05) is 13.0 Å². The number of hydrogen-bond acceptors (Lipinski definition) is 7. The van der Waals surface area contributed by atoms with Crippen LogP contribution in [0.25, 0.3) is 21.5 Å². The van der Waals surface area contributed by atoms with Crippen LogP contribution in [0.4, 0.5) is 5.69 Å². The second-order valence-electron chi connectivity index (χ2n) is 6.73. The van der Waals surface area contributed by atoms with Crippen LogP contribution in [0.15, 0.2) is 64.5 Å². The summed E-state index contributed by atoms with van der Waals surface area (Å²) in [5, 5.41) is 0.607. The molecule has 9 heteroatoms. The van der Waals surface area contributed by atoms with E-state index in [1.165, 1.54) is 35.7 Å². The quantitative estimate of drug-likeness (QED) is 0.492. The molecule has 152 valence electrons. The van der Waals surface area contributed by atoms with Gasteiger partial charge in [-0.25, -0.2) is 13.4 Å². The molecule has 0 aliphatic heterocycles. The first kappa shape index (κ1) is 20.0. The third-order valence-electron chi connectivity index (χ3n) is 4.70. The number of pyridine rings is 1. The summed E-state index contributed by atoms with van der Waals surface area (Å²) in [5.74, 6) is -0.458. The zero-order chi connectivity index (χ0) is 21.5. The van der Waals surface area contributed by atoms with Crippen LogP contribution in [0.5, 0.6) is 0 Å².